The SMILES string of the molecule is C/C=C/[C@H](O)C(C)(C)[C@@H]1C/C=C\C2=C[C@H]2/C=C/C=C\c2nc(cn2C)C(=O)O[C@H](C(C)(C)[C@H](C)O)C\C=C/C=C\C=C\[C@H](OC)Cc2nc(cn2C)C(=O)O1. The van der Waals surface area contributed by atoms with Crippen molar-refractivity contribution in [2.45, 2.75) is 91.3 Å². The Hall–Kier alpha value is -4.84. The molecule has 0 spiro atoms. The molecule has 0 fully saturated rings. The highest BCUT2D eigenvalue weighted by Gasteiger charge is 2.39. The van der Waals surface area contributed by atoms with Gasteiger partial charge >= 0.3 is 11.9 Å². The summed E-state index contributed by atoms with van der Waals surface area (Å²) in [6.45, 7) is 11.0. The largest absolute Gasteiger partial charge is 0.457 e. The van der Waals surface area contributed by atoms with E-state index in [9.17, 15) is 19.8 Å². The van der Waals surface area contributed by atoms with Crippen LogP contribution in [0.5, 0.6) is 0 Å². The van der Waals surface area contributed by atoms with Gasteiger partial charge in [-0.3, -0.25) is 0 Å². The zero-order valence-corrected chi connectivity index (χ0v) is 33.6. The number of aliphatic hydroxyl groups is 2. The van der Waals surface area contributed by atoms with E-state index in [1.165, 1.54) is 0 Å². The second-order valence-electron chi connectivity index (χ2n) is 15.3. The summed E-state index contributed by atoms with van der Waals surface area (Å²) in [6, 6.07) is 0. The van der Waals surface area contributed by atoms with Crippen molar-refractivity contribution in [3.63, 3.8) is 0 Å². The average molecular weight is 755 g/mol. The van der Waals surface area contributed by atoms with Crippen molar-refractivity contribution >= 4 is 18.0 Å². The van der Waals surface area contributed by atoms with E-state index in [4.69, 9.17) is 14.2 Å². The number of carbonyl (C=O) groups excluding carboxylic acids is 2. The first kappa shape index (κ1) is 42.9. The molecule has 0 saturated carbocycles. The molecule has 2 aromatic rings. The van der Waals surface area contributed by atoms with E-state index >= 15 is 0 Å². The number of aliphatic hydroxyl groups excluding tert-OH is 2. The van der Waals surface area contributed by atoms with Gasteiger partial charge in [-0.25, -0.2) is 19.6 Å². The number of ether oxygens (including phenoxy) is 3. The van der Waals surface area contributed by atoms with Crippen molar-refractivity contribution in [1.29, 1.82) is 0 Å². The maximum Gasteiger partial charge on any atom is 0.358 e. The molecule has 3 heterocycles. The zero-order chi connectivity index (χ0) is 40.3. The molecule has 2 aromatic heterocycles. The number of rotatable bonds is 6. The Morgan fingerprint density at radius 1 is 0.836 bits per heavy atom. The molecular weight excluding hydrogens is 697 g/mol. The fourth-order valence-electron chi connectivity index (χ4n) is 5.96. The van der Waals surface area contributed by atoms with E-state index in [2.05, 4.69) is 22.1 Å². The minimum atomic E-state index is -0.841. The lowest BCUT2D eigenvalue weighted by atomic mass is 9.79. The van der Waals surface area contributed by atoms with Gasteiger partial charge in [-0.2, -0.15) is 0 Å². The zero-order valence-electron chi connectivity index (χ0n) is 33.6. The first-order valence-corrected chi connectivity index (χ1v) is 18.8. The van der Waals surface area contributed by atoms with Crippen molar-refractivity contribution < 1.29 is 34.0 Å². The summed E-state index contributed by atoms with van der Waals surface area (Å²) in [7, 11) is 5.25. The van der Waals surface area contributed by atoms with E-state index in [1.807, 2.05) is 116 Å². The van der Waals surface area contributed by atoms with Crippen LogP contribution < -0.4 is 0 Å². The van der Waals surface area contributed by atoms with E-state index in [1.54, 1.807) is 47.7 Å². The highest BCUT2D eigenvalue weighted by atomic mass is 16.6. The van der Waals surface area contributed by atoms with Gasteiger partial charge < -0.3 is 33.6 Å². The fraction of sp³-hybridized carbons (Fsp3) is 0.455. The Bertz CT molecular complexity index is 1880. The standard InChI is InChI=1S/C44H58N4O7/c1-10-19-36(50)44(5,6)38-24-18-21-32-26-31(32)20-16-17-25-39-45-34(28-47(39)7)41(51)54-37(43(3,4)30(2)49)23-15-13-11-12-14-22-33(53-9)27-40-46-35(29-48(40)8)42(52)55-38/h10-22,25-26,28-31,33,36-38,49-50H,23-24,27H2,1-9H3/b12-11-,15-13-,19-10+,20-16+,21-18-,22-14+,25-17-/t30-,31+,33-,36-,37-,38-/m0/s1. The summed E-state index contributed by atoms with van der Waals surface area (Å²) in [5, 5.41) is 21.5. The lowest BCUT2D eigenvalue weighted by Crippen LogP contribution is -2.42. The lowest BCUT2D eigenvalue weighted by Gasteiger charge is -2.36. The summed E-state index contributed by atoms with van der Waals surface area (Å²) >= 11 is 0. The molecule has 0 saturated heterocycles. The number of cyclic esters (lactones) is 2. The van der Waals surface area contributed by atoms with Gasteiger partial charge in [0.15, 0.2) is 11.4 Å². The summed E-state index contributed by atoms with van der Waals surface area (Å²) in [6.07, 6.45) is 29.8. The minimum Gasteiger partial charge on any atom is -0.457 e. The molecule has 0 unspecified atom stereocenters. The monoisotopic (exact) mass is 754 g/mol. The number of aryl methyl sites for hydroxylation is 2. The summed E-state index contributed by atoms with van der Waals surface area (Å²) in [4.78, 5) is 35.9. The Balaban J connectivity index is 1.61. The highest BCUT2D eigenvalue weighted by Crippen LogP contribution is 2.35. The van der Waals surface area contributed by atoms with E-state index < -0.39 is 47.2 Å². The Morgan fingerprint density at radius 3 is 2.13 bits per heavy atom. The number of methoxy groups -OCH3 is 1. The van der Waals surface area contributed by atoms with Crippen molar-refractivity contribution in [2.24, 2.45) is 30.8 Å². The van der Waals surface area contributed by atoms with Crippen molar-refractivity contribution in [1.82, 2.24) is 19.1 Å². The Labute approximate surface area is 325 Å². The van der Waals surface area contributed by atoms with Gasteiger partial charge in [0.2, 0.25) is 0 Å². The number of hydrogen-bond donors (Lipinski definition) is 2. The molecule has 11 nitrogen and oxygen atoms in total. The number of fused-ring (bicyclic) bond motifs is 5. The van der Waals surface area contributed by atoms with Crippen LogP contribution in [0.15, 0.2) is 103 Å². The molecule has 4 bridgehead atoms. The second-order valence-corrected chi connectivity index (χ2v) is 15.3. The summed E-state index contributed by atoms with van der Waals surface area (Å²) in [5.74, 6) is 0.274. The predicted molar refractivity (Wildman–Crippen MR) is 215 cm³/mol. The van der Waals surface area contributed by atoms with Gasteiger partial charge in [0.25, 0.3) is 0 Å². The van der Waals surface area contributed by atoms with Crippen LogP contribution in [0.2, 0.25) is 0 Å². The van der Waals surface area contributed by atoms with Crippen molar-refractivity contribution in [3.8, 4) is 0 Å². The van der Waals surface area contributed by atoms with Gasteiger partial charge in [-0.15, -0.1) is 0 Å². The third kappa shape index (κ3) is 11.6. The molecule has 6 atom stereocenters. The molecule has 0 aromatic carbocycles. The molecule has 4 rings (SSSR count). The number of nitrogens with zero attached hydrogens (tertiary/aromatic N) is 4. The van der Waals surface area contributed by atoms with Crippen LogP contribution in [0.3, 0.4) is 0 Å². The molecule has 1 aliphatic heterocycles. The second kappa shape index (κ2) is 19.2. The van der Waals surface area contributed by atoms with E-state index in [0.29, 0.717) is 30.9 Å². The quantitative estimate of drug-likeness (QED) is 0.237. The number of imidazole rings is 2. The van der Waals surface area contributed by atoms with Gasteiger partial charge in [-0.05, 0) is 25.5 Å². The van der Waals surface area contributed by atoms with Crippen LogP contribution in [0.4, 0.5) is 0 Å². The lowest BCUT2D eigenvalue weighted by molar-refractivity contribution is -0.0545. The smallest absolute Gasteiger partial charge is 0.358 e. The summed E-state index contributed by atoms with van der Waals surface area (Å²) in [5.41, 5.74) is -0.0341. The first-order valence-electron chi connectivity index (χ1n) is 18.8. The minimum absolute atomic E-state index is 0.159. The van der Waals surface area contributed by atoms with Crippen LogP contribution in [-0.4, -0.2) is 78.9 Å². The normalized spacial score (nSPS) is 26.7. The first-order chi connectivity index (χ1) is 26.1. The summed E-state index contributed by atoms with van der Waals surface area (Å²) < 4.78 is 21.3. The molecule has 296 valence electrons. The van der Waals surface area contributed by atoms with E-state index in [-0.39, 0.29) is 23.4 Å². The van der Waals surface area contributed by atoms with Crippen LogP contribution in [-0.2, 0) is 34.7 Å². The molecule has 1 aliphatic carbocycles. The highest BCUT2D eigenvalue weighted by molar-refractivity contribution is 5.88. The van der Waals surface area contributed by atoms with Gasteiger partial charge in [0.05, 0.1) is 18.3 Å². The molecule has 2 aliphatic rings. The number of aromatic nitrogens is 4. The number of carbonyl (C=O) groups is 2. The molecule has 55 heavy (non-hydrogen) atoms. The maximum absolute atomic E-state index is 13.5. The third-order valence-electron chi connectivity index (χ3n) is 10.5. The number of esters is 2. The third-order valence-corrected chi connectivity index (χ3v) is 10.5. The molecule has 2 N–H and O–H groups in total. The van der Waals surface area contributed by atoms with Crippen molar-refractivity contribution in [3.05, 3.63) is 126 Å². The topological polar surface area (TPSA) is 138 Å². The predicted octanol–water partition coefficient (Wildman–Crippen LogP) is 6.98. The molecule has 0 amide bonds. The van der Waals surface area contributed by atoms with Gasteiger partial charge in [0, 0.05) is 69.6 Å². The van der Waals surface area contributed by atoms with E-state index in [0.717, 1.165) is 5.57 Å². The van der Waals surface area contributed by atoms with Gasteiger partial charge in [0.1, 0.15) is 23.9 Å². The number of hydrogen-bond acceptors (Lipinski definition) is 9. The van der Waals surface area contributed by atoms with Crippen LogP contribution in [0.25, 0.3) is 6.08 Å². The van der Waals surface area contributed by atoms with Crippen LogP contribution >= 0.6 is 0 Å². The van der Waals surface area contributed by atoms with Crippen LogP contribution in [0.1, 0.15) is 87.0 Å². The molecular formula is C44H58N4O7. The molecule has 0 radical (unpaired) electrons. The van der Waals surface area contributed by atoms with Crippen molar-refractivity contribution in [2.75, 3.05) is 7.11 Å². The van der Waals surface area contributed by atoms with Crippen LogP contribution in [0, 0.1) is 16.7 Å². The fourth-order valence-corrected chi connectivity index (χ4v) is 5.96. The Morgan fingerprint density at radius 2 is 1.45 bits per heavy atom. The number of allylic oxidation sites excluding steroid dienone is 11. The average Bonchev–Trinajstić information content (AvgIpc) is 3.62. The molecule has 11 heteroatoms. The maximum atomic E-state index is 13.5. The Kier molecular flexibility index (Phi) is 14.9. The van der Waals surface area contributed by atoms with Gasteiger partial charge in [-0.1, -0.05) is 113 Å².